The molecule has 29 heavy (non-hydrogen) atoms. The molecule has 1 N–H and O–H groups in total. The van der Waals surface area contributed by atoms with Gasteiger partial charge in [-0.15, -0.1) is 0 Å². The quantitative estimate of drug-likeness (QED) is 0.704. The zero-order chi connectivity index (χ0) is 20.2. The van der Waals surface area contributed by atoms with Crippen LogP contribution in [0, 0.1) is 0 Å². The highest BCUT2D eigenvalue weighted by atomic mass is 79.9. The first kappa shape index (κ1) is 18.5. The molecule has 1 atom stereocenters. The number of hydrazone groups is 1. The van der Waals surface area contributed by atoms with Gasteiger partial charge in [0.15, 0.2) is 0 Å². The molecule has 6 nitrogen and oxygen atoms in total. The summed E-state index contributed by atoms with van der Waals surface area (Å²) in [6.45, 7) is 2.94. The van der Waals surface area contributed by atoms with E-state index in [1.165, 1.54) is 0 Å². The van der Waals surface area contributed by atoms with Crippen molar-refractivity contribution < 1.29 is 14.6 Å². The molecular formula is C22H22BrN3O3. The minimum absolute atomic E-state index is 0.0870. The third kappa shape index (κ3) is 3.08. The highest BCUT2D eigenvalue weighted by molar-refractivity contribution is 9.10. The number of aromatic hydroxyl groups is 1. The molecule has 0 bridgehead atoms. The average Bonchev–Trinajstić information content (AvgIpc) is 3.16. The number of halogens is 1. The summed E-state index contributed by atoms with van der Waals surface area (Å²) in [7, 11) is 0. The van der Waals surface area contributed by atoms with E-state index in [4.69, 9.17) is 9.84 Å². The van der Waals surface area contributed by atoms with Crippen molar-refractivity contribution in [2.75, 3.05) is 13.1 Å². The van der Waals surface area contributed by atoms with Crippen LogP contribution in [0.1, 0.15) is 43.4 Å². The summed E-state index contributed by atoms with van der Waals surface area (Å²) in [5.74, 6) is 1.25. The van der Waals surface area contributed by atoms with E-state index in [1.807, 2.05) is 29.2 Å². The Labute approximate surface area is 177 Å². The van der Waals surface area contributed by atoms with E-state index in [2.05, 4.69) is 27.0 Å². The summed E-state index contributed by atoms with van der Waals surface area (Å²) in [5, 5.41) is 16.8. The number of carbonyl (C=O) groups is 1. The standard InChI is InChI=1S/C22H22BrN3O3/c1-14(27)25-10-8-22(9-11-25)26-20(18-12-16(23)4-7-21(18)29-22)13-19(24-26)15-2-5-17(28)6-3-15/h2-7,12,20,28H,8-11,13H2,1H3/t20-/m1/s1. The van der Waals surface area contributed by atoms with Crippen molar-refractivity contribution in [1.29, 1.82) is 0 Å². The third-order valence-electron chi connectivity index (χ3n) is 6.15. The minimum atomic E-state index is -0.546. The summed E-state index contributed by atoms with van der Waals surface area (Å²) in [5.41, 5.74) is 2.57. The number of hydrogen-bond donors (Lipinski definition) is 1. The Morgan fingerprint density at radius 2 is 1.93 bits per heavy atom. The number of hydrogen-bond acceptors (Lipinski definition) is 5. The molecule has 0 aliphatic carbocycles. The van der Waals surface area contributed by atoms with Crippen LogP contribution in [0.3, 0.4) is 0 Å². The normalized spacial score (nSPS) is 22.0. The molecule has 1 amide bonds. The average molecular weight is 456 g/mol. The molecule has 0 radical (unpaired) electrons. The van der Waals surface area contributed by atoms with Gasteiger partial charge < -0.3 is 14.7 Å². The van der Waals surface area contributed by atoms with Crippen LogP contribution >= 0.6 is 15.9 Å². The van der Waals surface area contributed by atoms with E-state index in [0.29, 0.717) is 25.9 Å². The van der Waals surface area contributed by atoms with Gasteiger partial charge in [0.1, 0.15) is 11.5 Å². The smallest absolute Gasteiger partial charge is 0.219 e. The Hall–Kier alpha value is -2.54. The summed E-state index contributed by atoms with van der Waals surface area (Å²) in [6.07, 6.45) is 2.20. The zero-order valence-corrected chi connectivity index (χ0v) is 17.7. The SMILES string of the molecule is CC(=O)N1CCC2(CC1)Oc1ccc(Br)cc1[C@H]1CC(c3ccc(O)cc3)=NN12. The lowest BCUT2D eigenvalue weighted by atomic mass is 9.90. The van der Waals surface area contributed by atoms with Crippen molar-refractivity contribution in [3.05, 3.63) is 58.1 Å². The molecule has 7 heteroatoms. The van der Waals surface area contributed by atoms with Gasteiger partial charge in [-0.3, -0.25) is 4.79 Å². The Morgan fingerprint density at radius 3 is 2.62 bits per heavy atom. The van der Waals surface area contributed by atoms with Crippen LogP contribution < -0.4 is 4.74 Å². The van der Waals surface area contributed by atoms with Gasteiger partial charge in [-0.25, -0.2) is 5.01 Å². The first-order valence-corrected chi connectivity index (χ1v) is 10.6. The molecule has 1 saturated heterocycles. The number of ether oxygens (including phenoxy) is 1. The number of fused-ring (bicyclic) bond motifs is 4. The number of amides is 1. The fourth-order valence-electron chi connectivity index (χ4n) is 4.58. The Balaban J connectivity index is 1.55. The molecule has 2 aromatic rings. The van der Waals surface area contributed by atoms with Gasteiger partial charge in [0.2, 0.25) is 11.6 Å². The molecule has 3 heterocycles. The zero-order valence-electron chi connectivity index (χ0n) is 16.1. The summed E-state index contributed by atoms with van der Waals surface area (Å²) >= 11 is 3.58. The lowest BCUT2D eigenvalue weighted by Crippen LogP contribution is -2.59. The molecule has 1 fully saturated rings. The van der Waals surface area contributed by atoms with E-state index in [1.54, 1.807) is 19.1 Å². The number of rotatable bonds is 1. The molecule has 0 saturated carbocycles. The monoisotopic (exact) mass is 455 g/mol. The number of piperidine rings is 1. The number of carbonyl (C=O) groups excluding carboxylic acids is 1. The second-order valence-corrected chi connectivity index (χ2v) is 8.81. The molecule has 3 aliphatic rings. The third-order valence-corrected chi connectivity index (χ3v) is 6.64. The van der Waals surface area contributed by atoms with Crippen LogP contribution in [0.4, 0.5) is 0 Å². The maximum atomic E-state index is 11.8. The van der Waals surface area contributed by atoms with Gasteiger partial charge in [0, 0.05) is 49.3 Å². The van der Waals surface area contributed by atoms with Crippen LogP contribution in [0.25, 0.3) is 0 Å². The van der Waals surface area contributed by atoms with Crippen LogP contribution in [-0.4, -0.2) is 45.4 Å². The number of phenolic OH excluding ortho intramolecular Hbond substituents is 1. The van der Waals surface area contributed by atoms with Crippen molar-refractivity contribution >= 4 is 27.5 Å². The lowest BCUT2D eigenvalue weighted by molar-refractivity contribution is -0.158. The van der Waals surface area contributed by atoms with Crippen molar-refractivity contribution in [3.63, 3.8) is 0 Å². The summed E-state index contributed by atoms with van der Waals surface area (Å²) < 4.78 is 7.59. The molecule has 1 spiro atoms. The molecule has 0 aromatic heterocycles. The number of likely N-dealkylation sites (tertiary alicyclic amines) is 1. The topological polar surface area (TPSA) is 65.4 Å². The van der Waals surface area contributed by atoms with Gasteiger partial charge in [-0.1, -0.05) is 15.9 Å². The van der Waals surface area contributed by atoms with Gasteiger partial charge in [0.05, 0.1) is 11.8 Å². The molecular weight excluding hydrogens is 434 g/mol. The maximum absolute atomic E-state index is 11.8. The second-order valence-electron chi connectivity index (χ2n) is 7.89. The minimum Gasteiger partial charge on any atom is -0.508 e. The predicted molar refractivity (Wildman–Crippen MR) is 113 cm³/mol. The molecule has 2 aromatic carbocycles. The Morgan fingerprint density at radius 1 is 1.21 bits per heavy atom. The van der Waals surface area contributed by atoms with Crippen molar-refractivity contribution in [1.82, 2.24) is 9.91 Å². The highest BCUT2D eigenvalue weighted by Crippen LogP contribution is 2.50. The summed E-state index contributed by atoms with van der Waals surface area (Å²) in [6, 6.07) is 13.4. The van der Waals surface area contributed by atoms with Crippen LogP contribution in [0.5, 0.6) is 11.5 Å². The second kappa shape index (κ2) is 6.76. The van der Waals surface area contributed by atoms with E-state index < -0.39 is 5.72 Å². The van der Waals surface area contributed by atoms with Crippen molar-refractivity contribution in [2.45, 2.75) is 38.0 Å². The van der Waals surface area contributed by atoms with E-state index in [0.717, 1.165) is 33.5 Å². The fraction of sp³-hybridized carbons (Fsp3) is 0.364. The van der Waals surface area contributed by atoms with Crippen LogP contribution in [0.15, 0.2) is 52.0 Å². The number of nitrogens with zero attached hydrogens (tertiary/aromatic N) is 3. The van der Waals surface area contributed by atoms with E-state index >= 15 is 0 Å². The Bertz CT molecular complexity index is 997. The molecule has 150 valence electrons. The molecule has 3 aliphatic heterocycles. The Kier molecular flexibility index (Phi) is 4.31. The first-order valence-electron chi connectivity index (χ1n) is 9.85. The largest absolute Gasteiger partial charge is 0.508 e. The number of benzene rings is 2. The van der Waals surface area contributed by atoms with Crippen LogP contribution in [0.2, 0.25) is 0 Å². The van der Waals surface area contributed by atoms with Gasteiger partial charge in [-0.2, -0.15) is 5.10 Å². The molecule has 5 rings (SSSR count). The van der Waals surface area contributed by atoms with Gasteiger partial charge in [0.25, 0.3) is 0 Å². The first-order chi connectivity index (χ1) is 13.9. The van der Waals surface area contributed by atoms with E-state index in [9.17, 15) is 9.90 Å². The van der Waals surface area contributed by atoms with Crippen LogP contribution in [-0.2, 0) is 4.79 Å². The fourth-order valence-corrected chi connectivity index (χ4v) is 4.96. The van der Waals surface area contributed by atoms with Crippen molar-refractivity contribution in [3.8, 4) is 11.5 Å². The maximum Gasteiger partial charge on any atom is 0.219 e. The highest BCUT2D eigenvalue weighted by Gasteiger charge is 2.52. The predicted octanol–water partition coefficient (Wildman–Crippen LogP) is 4.04. The lowest BCUT2D eigenvalue weighted by Gasteiger charge is -2.51. The number of phenols is 1. The molecule has 0 unspecified atom stereocenters. The van der Waals surface area contributed by atoms with Gasteiger partial charge >= 0.3 is 0 Å². The van der Waals surface area contributed by atoms with E-state index in [-0.39, 0.29) is 17.7 Å². The van der Waals surface area contributed by atoms with Gasteiger partial charge in [-0.05, 0) is 48.0 Å². The van der Waals surface area contributed by atoms with Crippen molar-refractivity contribution in [2.24, 2.45) is 5.10 Å². The summed E-state index contributed by atoms with van der Waals surface area (Å²) in [4.78, 5) is 13.7.